The van der Waals surface area contributed by atoms with E-state index in [0.717, 1.165) is 41.8 Å². The van der Waals surface area contributed by atoms with Crippen LogP contribution < -0.4 is 5.32 Å². The first-order valence-corrected chi connectivity index (χ1v) is 6.80. The maximum absolute atomic E-state index is 5.80. The first kappa shape index (κ1) is 11.4. The van der Waals surface area contributed by atoms with Crippen LogP contribution in [0, 0.1) is 0 Å². The van der Waals surface area contributed by atoms with E-state index in [9.17, 15) is 0 Å². The average molecular weight is 266 g/mol. The van der Waals surface area contributed by atoms with E-state index < -0.39 is 0 Å². The Morgan fingerprint density at radius 2 is 2.25 bits per heavy atom. The van der Waals surface area contributed by atoms with Crippen molar-refractivity contribution in [2.45, 2.75) is 25.8 Å². The molecule has 0 amide bonds. The number of nitrogens with one attached hydrogen (secondary N) is 1. The molecule has 0 aromatic carbocycles. The molecular formula is C15H14N4O. The summed E-state index contributed by atoms with van der Waals surface area (Å²) in [7, 11) is 0. The zero-order chi connectivity index (χ0) is 13.4. The molecule has 0 fully saturated rings. The number of hydrogen-bond donors (Lipinski definition) is 1. The van der Waals surface area contributed by atoms with Crippen LogP contribution in [-0.2, 0) is 19.4 Å². The van der Waals surface area contributed by atoms with Gasteiger partial charge in [0.15, 0.2) is 0 Å². The molecule has 100 valence electrons. The molecule has 0 atom stereocenters. The molecule has 1 aliphatic carbocycles. The van der Waals surface area contributed by atoms with Gasteiger partial charge in [-0.05, 0) is 24.5 Å². The molecule has 0 saturated carbocycles. The maximum atomic E-state index is 5.80. The molecule has 0 radical (unpaired) electrons. The zero-order valence-corrected chi connectivity index (χ0v) is 11.0. The molecule has 5 heteroatoms. The van der Waals surface area contributed by atoms with Gasteiger partial charge in [0.2, 0.25) is 5.71 Å². The van der Waals surface area contributed by atoms with Gasteiger partial charge < -0.3 is 9.73 Å². The molecule has 3 heterocycles. The first-order valence-electron chi connectivity index (χ1n) is 6.80. The van der Waals surface area contributed by atoms with Crippen molar-refractivity contribution in [2.75, 3.05) is 5.32 Å². The Morgan fingerprint density at radius 3 is 3.15 bits per heavy atom. The fraction of sp³-hybridized carbons (Fsp3) is 0.267. The summed E-state index contributed by atoms with van der Waals surface area (Å²) in [5, 5.41) is 4.41. The molecule has 3 aromatic heterocycles. The standard InChI is InChI=1S/C15H14N4O/c1-4-11-12(5-1)20-15-13(11)14(18-9-19-15)17-8-10-3-2-6-16-7-10/h2-3,6-7,9H,1,4-5,8H2,(H,17,18,19). The minimum Gasteiger partial charge on any atom is -0.442 e. The van der Waals surface area contributed by atoms with Crippen LogP contribution in [0.25, 0.3) is 11.1 Å². The van der Waals surface area contributed by atoms with Gasteiger partial charge in [0.1, 0.15) is 17.9 Å². The van der Waals surface area contributed by atoms with Gasteiger partial charge in [-0.15, -0.1) is 0 Å². The van der Waals surface area contributed by atoms with Crippen molar-refractivity contribution in [3.05, 3.63) is 47.7 Å². The number of fused-ring (bicyclic) bond motifs is 3. The van der Waals surface area contributed by atoms with E-state index in [1.807, 2.05) is 18.3 Å². The number of furan rings is 1. The summed E-state index contributed by atoms with van der Waals surface area (Å²) < 4.78 is 5.80. The Hall–Kier alpha value is -2.43. The van der Waals surface area contributed by atoms with Crippen molar-refractivity contribution in [1.29, 1.82) is 0 Å². The number of aryl methyl sites for hydroxylation is 2. The van der Waals surface area contributed by atoms with Crippen LogP contribution in [0.15, 0.2) is 35.3 Å². The third-order valence-corrected chi connectivity index (χ3v) is 3.68. The van der Waals surface area contributed by atoms with Crippen LogP contribution in [0.4, 0.5) is 5.82 Å². The third-order valence-electron chi connectivity index (χ3n) is 3.68. The maximum Gasteiger partial charge on any atom is 0.231 e. The van der Waals surface area contributed by atoms with Gasteiger partial charge in [-0.3, -0.25) is 4.98 Å². The number of anilines is 1. The lowest BCUT2D eigenvalue weighted by Crippen LogP contribution is -2.02. The highest BCUT2D eigenvalue weighted by Gasteiger charge is 2.22. The van der Waals surface area contributed by atoms with E-state index in [0.29, 0.717) is 12.3 Å². The SMILES string of the molecule is c1cncc(CNc2ncnc3oc4c(c23)CCC4)c1. The van der Waals surface area contributed by atoms with Crippen LogP contribution in [0.5, 0.6) is 0 Å². The average Bonchev–Trinajstić information content (AvgIpc) is 3.06. The minimum absolute atomic E-state index is 0.693. The van der Waals surface area contributed by atoms with Gasteiger partial charge in [0.25, 0.3) is 0 Å². The molecule has 0 saturated heterocycles. The molecular weight excluding hydrogens is 252 g/mol. The number of aromatic nitrogens is 3. The Balaban J connectivity index is 1.69. The lowest BCUT2D eigenvalue weighted by atomic mass is 10.2. The van der Waals surface area contributed by atoms with Gasteiger partial charge in [-0.2, -0.15) is 0 Å². The molecule has 1 N–H and O–H groups in total. The molecule has 3 aromatic rings. The number of nitrogens with zero attached hydrogens (tertiary/aromatic N) is 3. The fourth-order valence-electron chi connectivity index (χ4n) is 2.75. The Morgan fingerprint density at radius 1 is 1.25 bits per heavy atom. The van der Waals surface area contributed by atoms with Crippen LogP contribution in [0.2, 0.25) is 0 Å². The highest BCUT2D eigenvalue weighted by molar-refractivity contribution is 5.90. The molecule has 0 spiro atoms. The summed E-state index contributed by atoms with van der Waals surface area (Å²) in [6, 6.07) is 3.97. The van der Waals surface area contributed by atoms with Gasteiger partial charge in [-0.25, -0.2) is 9.97 Å². The highest BCUT2D eigenvalue weighted by atomic mass is 16.3. The van der Waals surface area contributed by atoms with E-state index in [4.69, 9.17) is 4.42 Å². The Bertz CT molecular complexity index is 751. The van der Waals surface area contributed by atoms with E-state index in [1.165, 1.54) is 5.56 Å². The second kappa shape index (κ2) is 4.59. The lowest BCUT2D eigenvalue weighted by molar-refractivity contribution is 0.546. The van der Waals surface area contributed by atoms with E-state index in [2.05, 4.69) is 20.3 Å². The van der Waals surface area contributed by atoms with Crippen molar-refractivity contribution >= 4 is 16.9 Å². The van der Waals surface area contributed by atoms with Gasteiger partial charge in [-0.1, -0.05) is 6.07 Å². The summed E-state index contributed by atoms with van der Waals surface area (Å²) in [5.74, 6) is 1.93. The van der Waals surface area contributed by atoms with Crippen LogP contribution in [-0.4, -0.2) is 15.0 Å². The third kappa shape index (κ3) is 1.82. The summed E-state index contributed by atoms with van der Waals surface area (Å²) in [6.07, 6.45) is 8.39. The largest absolute Gasteiger partial charge is 0.442 e. The molecule has 5 nitrogen and oxygen atoms in total. The second-order valence-electron chi connectivity index (χ2n) is 4.97. The van der Waals surface area contributed by atoms with Crippen molar-refractivity contribution in [3.8, 4) is 0 Å². The molecule has 0 aliphatic heterocycles. The predicted octanol–water partition coefficient (Wildman–Crippen LogP) is 2.72. The minimum atomic E-state index is 0.693. The Labute approximate surface area is 116 Å². The van der Waals surface area contributed by atoms with Gasteiger partial charge in [0.05, 0.1) is 5.39 Å². The van der Waals surface area contributed by atoms with Crippen LogP contribution in [0.3, 0.4) is 0 Å². The monoisotopic (exact) mass is 266 g/mol. The Kier molecular flexibility index (Phi) is 2.62. The van der Waals surface area contributed by atoms with Gasteiger partial charge >= 0.3 is 0 Å². The summed E-state index contributed by atoms with van der Waals surface area (Å²) in [5.41, 5.74) is 3.09. The van der Waals surface area contributed by atoms with Crippen molar-refractivity contribution in [1.82, 2.24) is 15.0 Å². The molecule has 0 unspecified atom stereocenters. The fourth-order valence-corrected chi connectivity index (χ4v) is 2.75. The topological polar surface area (TPSA) is 63.8 Å². The summed E-state index contributed by atoms with van der Waals surface area (Å²) in [6.45, 7) is 0.694. The zero-order valence-electron chi connectivity index (χ0n) is 11.0. The molecule has 20 heavy (non-hydrogen) atoms. The highest BCUT2D eigenvalue weighted by Crippen LogP contribution is 2.35. The van der Waals surface area contributed by atoms with Crippen molar-refractivity contribution in [3.63, 3.8) is 0 Å². The van der Waals surface area contributed by atoms with E-state index in [-0.39, 0.29) is 0 Å². The summed E-state index contributed by atoms with van der Waals surface area (Å²) >= 11 is 0. The van der Waals surface area contributed by atoms with E-state index in [1.54, 1.807) is 12.5 Å². The predicted molar refractivity (Wildman–Crippen MR) is 75.4 cm³/mol. The van der Waals surface area contributed by atoms with Crippen molar-refractivity contribution in [2.24, 2.45) is 0 Å². The van der Waals surface area contributed by atoms with Crippen molar-refractivity contribution < 1.29 is 4.42 Å². The van der Waals surface area contributed by atoms with Crippen LogP contribution >= 0.6 is 0 Å². The molecule has 0 bridgehead atoms. The smallest absolute Gasteiger partial charge is 0.231 e. The number of rotatable bonds is 3. The number of pyridine rings is 1. The quantitative estimate of drug-likeness (QED) is 0.789. The lowest BCUT2D eigenvalue weighted by Gasteiger charge is -2.06. The normalized spacial score (nSPS) is 13.6. The first-order chi connectivity index (χ1) is 9.92. The summed E-state index contributed by atoms with van der Waals surface area (Å²) in [4.78, 5) is 12.7. The second-order valence-corrected chi connectivity index (χ2v) is 4.97. The van der Waals surface area contributed by atoms with E-state index >= 15 is 0 Å². The molecule has 4 rings (SSSR count). The molecule has 1 aliphatic rings. The van der Waals surface area contributed by atoms with Crippen LogP contribution in [0.1, 0.15) is 23.3 Å². The number of hydrogen-bond acceptors (Lipinski definition) is 5. The van der Waals surface area contributed by atoms with Gasteiger partial charge in [0, 0.05) is 30.9 Å².